The van der Waals surface area contributed by atoms with Gasteiger partial charge in [0.1, 0.15) is 6.61 Å². The predicted octanol–water partition coefficient (Wildman–Crippen LogP) is 1.60. The van der Waals surface area contributed by atoms with Gasteiger partial charge in [-0.2, -0.15) is 5.10 Å². The molecule has 0 saturated heterocycles. The lowest BCUT2D eigenvalue weighted by molar-refractivity contribution is -0.126. The molecule has 2 aromatic rings. The second kappa shape index (κ2) is 6.32. The highest BCUT2D eigenvalue weighted by Crippen LogP contribution is 2.36. The number of aromatic nitrogens is 2. The highest BCUT2D eigenvalue weighted by molar-refractivity contribution is 5.79. The second-order valence-electron chi connectivity index (χ2n) is 5.78. The first-order chi connectivity index (χ1) is 11.1. The molecule has 0 radical (unpaired) electrons. The fraction of sp³-hybridized carbons (Fsp3) is 0.412. The molecule has 0 fully saturated rings. The molecule has 1 amide bonds. The van der Waals surface area contributed by atoms with Crippen LogP contribution in [-0.4, -0.2) is 29.4 Å². The summed E-state index contributed by atoms with van der Waals surface area (Å²) in [6.07, 6.45) is 0.656. The summed E-state index contributed by atoms with van der Waals surface area (Å²) < 4.78 is 12.8. The maximum atomic E-state index is 12.4. The molecule has 0 saturated carbocycles. The molecule has 1 N–H and O–H groups in total. The van der Waals surface area contributed by atoms with Gasteiger partial charge < -0.3 is 14.8 Å². The lowest BCUT2D eigenvalue weighted by atomic mass is 9.95. The van der Waals surface area contributed by atoms with E-state index in [9.17, 15) is 4.79 Å². The number of ether oxygens (including phenoxy) is 2. The molecule has 1 atom stereocenters. The summed E-state index contributed by atoms with van der Waals surface area (Å²) in [4.78, 5) is 12.4. The van der Waals surface area contributed by atoms with Gasteiger partial charge in [0.2, 0.25) is 5.91 Å². The van der Waals surface area contributed by atoms with Crippen molar-refractivity contribution < 1.29 is 14.3 Å². The van der Waals surface area contributed by atoms with Gasteiger partial charge in [0, 0.05) is 7.05 Å². The fourth-order valence-corrected chi connectivity index (χ4v) is 2.87. The van der Waals surface area contributed by atoms with Gasteiger partial charge in [-0.3, -0.25) is 9.48 Å². The van der Waals surface area contributed by atoms with Crippen LogP contribution in [0.3, 0.4) is 0 Å². The smallest absolute Gasteiger partial charge is 0.227 e. The van der Waals surface area contributed by atoms with E-state index in [4.69, 9.17) is 9.47 Å². The zero-order valence-electron chi connectivity index (χ0n) is 13.6. The third-order valence-corrected chi connectivity index (χ3v) is 4.09. The number of carbonyl (C=O) groups excluding carboxylic acids is 1. The minimum atomic E-state index is -0.191. The molecular formula is C17H21N3O3. The van der Waals surface area contributed by atoms with Gasteiger partial charge >= 0.3 is 0 Å². The van der Waals surface area contributed by atoms with Crippen LogP contribution in [0.1, 0.15) is 17.0 Å². The maximum Gasteiger partial charge on any atom is 0.227 e. The number of amides is 1. The van der Waals surface area contributed by atoms with Crippen LogP contribution in [0, 0.1) is 12.8 Å². The quantitative estimate of drug-likeness (QED) is 0.931. The van der Waals surface area contributed by atoms with E-state index in [1.807, 2.05) is 38.2 Å². The van der Waals surface area contributed by atoms with Crippen molar-refractivity contribution in [3.63, 3.8) is 0 Å². The van der Waals surface area contributed by atoms with E-state index < -0.39 is 0 Å². The van der Waals surface area contributed by atoms with Crippen LogP contribution in [0.2, 0.25) is 0 Å². The monoisotopic (exact) mass is 315 g/mol. The van der Waals surface area contributed by atoms with E-state index >= 15 is 0 Å². The molecule has 3 rings (SSSR count). The van der Waals surface area contributed by atoms with E-state index in [-0.39, 0.29) is 11.8 Å². The molecular weight excluding hydrogens is 294 g/mol. The summed E-state index contributed by atoms with van der Waals surface area (Å²) in [5, 5.41) is 7.25. The topological polar surface area (TPSA) is 65.4 Å². The average Bonchev–Trinajstić information content (AvgIpc) is 2.89. The molecule has 0 unspecified atom stereocenters. The fourth-order valence-electron chi connectivity index (χ4n) is 2.87. The van der Waals surface area contributed by atoms with Gasteiger partial charge in [0.15, 0.2) is 11.5 Å². The third kappa shape index (κ3) is 3.16. The number of aryl methyl sites for hydroxylation is 2. The summed E-state index contributed by atoms with van der Waals surface area (Å²) in [6, 6.07) is 7.73. The van der Waals surface area contributed by atoms with Crippen LogP contribution in [0.25, 0.3) is 0 Å². The zero-order chi connectivity index (χ0) is 16.4. The Labute approximate surface area is 135 Å². The van der Waals surface area contributed by atoms with Crippen molar-refractivity contribution in [1.29, 1.82) is 0 Å². The van der Waals surface area contributed by atoms with E-state index in [0.29, 0.717) is 25.3 Å². The number of nitrogens with zero attached hydrogens (tertiary/aromatic N) is 2. The maximum absolute atomic E-state index is 12.4. The number of para-hydroxylation sites is 1. The van der Waals surface area contributed by atoms with Crippen molar-refractivity contribution in [2.24, 2.45) is 13.0 Å². The van der Waals surface area contributed by atoms with Crippen molar-refractivity contribution in [1.82, 2.24) is 15.1 Å². The number of hydrogen-bond acceptors (Lipinski definition) is 4. The molecule has 1 aromatic heterocycles. The van der Waals surface area contributed by atoms with Gasteiger partial charge in [-0.25, -0.2) is 0 Å². The number of nitrogens with one attached hydrogen (secondary N) is 1. The van der Waals surface area contributed by atoms with Gasteiger partial charge in [0.25, 0.3) is 0 Å². The van der Waals surface area contributed by atoms with Crippen LogP contribution >= 0.6 is 0 Å². The number of benzene rings is 1. The molecule has 6 heteroatoms. The highest BCUT2D eigenvalue weighted by atomic mass is 16.5. The summed E-state index contributed by atoms with van der Waals surface area (Å²) >= 11 is 0. The molecule has 23 heavy (non-hydrogen) atoms. The van der Waals surface area contributed by atoms with Crippen molar-refractivity contribution in [3.8, 4) is 11.5 Å². The Balaban J connectivity index is 1.64. The van der Waals surface area contributed by atoms with E-state index in [1.54, 1.807) is 11.8 Å². The lowest BCUT2D eigenvalue weighted by Gasteiger charge is -2.25. The largest absolute Gasteiger partial charge is 0.493 e. The summed E-state index contributed by atoms with van der Waals surface area (Å²) in [7, 11) is 3.49. The normalized spacial score (nSPS) is 16.4. The van der Waals surface area contributed by atoms with Gasteiger partial charge in [-0.05, 0) is 31.0 Å². The standard InChI is InChI=1S/C17H21N3O3/c1-11-7-14(20(2)19-11)9-18-17(21)13-8-12-5-4-6-15(22-3)16(12)23-10-13/h4-7,13H,8-10H2,1-3H3,(H,18,21)/t13-/m1/s1. The second-order valence-corrected chi connectivity index (χ2v) is 5.78. The number of rotatable bonds is 4. The Kier molecular flexibility index (Phi) is 4.23. The lowest BCUT2D eigenvalue weighted by Crippen LogP contribution is -2.37. The van der Waals surface area contributed by atoms with Gasteiger partial charge in [-0.1, -0.05) is 12.1 Å². The van der Waals surface area contributed by atoms with Crippen molar-refractivity contribution in [3.05, 3.63) is 41.2 Å². The number of carbonyl (C=O) groups is 1. The van der Waals surface area contributed by atoms with Crippen LogP contribution in [0.4, 0.5) is 0 Å². The molecule has 0 bridgehead atoms. The Morgan fingerprint density at radius 1 is 1.52 bits per heavy atom. The van der Waals surface area contributed by atoms with Crippen molar-refractivity contribution in [2.45, 2.75) is 19.9 Å². The molecule has 1 aliphatic heterocycles. The van der Waals surface area contributed by atoms with Crippen LogP contribution in [0.5, 0.6) is 11.5 Å². The molecule has 1 aliphatic rings. The molecule has 0 spiro atoms. The Morgan fingerprint density at radius 2 is 2.35 bits per heavy atom. The summed E-state index contributed by atoms with van der Waals surface area (Å²) in [6.45, 7) is 2.77. The number of hydrogen-bond donors (Lipinski definition) is 1. The van der Waals surface area contributed by atoms with E-state index in [2.05, 4.69) is 10.4 Å². The minimum absolute atomic E-state index is 0.00248. The van der Waals surface area contributed by atoms with Gasteiger partial charge in [0.05, 0.1) is 31.0 Å². The first kappa shape index (κ1) is 15.4. The summed E-state index contributed by atoms with van der Waals surface area (Å²) in [5.74, 6) is 1.27. The van der Waals surface area contributed by atoms with Crippen LogP contribution in [0.15, 0.2) is 24.3 Å². The Hall–Kier alpha value is -2.50. The first-order valence-corrected chi connectivity index (χ1v) is 7.64. The highest BCUT2D eigenvalue weighted by Gasteiger charge is 2.27. The number of fused-ring (bicyclic) bond motifs is 1. The summed E-state index contributed by atoms with van der Waals surface area (Å²) in [5.41, 5.74) is 2.93. The van der Waals surface area contributed by atoms with Gasteiger partial charge in [-0.15, -0.1) is 0 Å². The molecule has 2 heterocycles. The average molecular weight is 315 g/mol. The zero-order valence-corrected chi connectivity index (χ0v) is 13.6. The Morgan fingerprint density at radius 3 is 3.04 bits per heavy atom. The molecule has 1 aromatic carbocycles. The molecule has 122 valence electrons. The molecule has 0 aliphatic carbocycles. The van der Waals surface area contributed by atoms with E-state index in [1.165, 1.54) is 0 Å². The third-order valence-electron chi connectivity index (χ3n) is 4.09. The number of methoxy groups -OCH3 is 1. The predicted molar refractivity (Wildman–Crippen MR) is 85.5 cm³/mol. The first-order valence-electron chi connectivity index (χ1n) is 7.64. The van der Waals surface area contributed by atoms with Crippen LogP contribution < -0.4 is 14.8 Å². The van der Waals surface area contributed by atoms with Crippen LogP contribution in [-0.2, 0) is 24.8 Å². The molecule has 6 nitrogen and oxygen atoms in total. The van der Waals surface area contributed by atoms with E-state index in [0.717, 1.165) is 22.7 Å². The van der Waals surface area contributed by atoms with Crippen molar-refractivity contribution >= 4 is 5.91 Å². The van der Waals surface area contributed by atoms with Crippen molar-refractivity contribution in [2.75, 3.05) is 13.7 Å². The SMILES string of the molecule is COc1cccc2c1OC[C@H](C(=O)NCc1cc(C)nn1C)C2. The Bertz CT molecular complexity index is 724. The minimum Gasteiger partial charge on any atom is -0.493 e.